The zero-order chi connectivity index (χ0) is 20.7. The second-order valence-electron chi connectivity index (χ2n) is 6.70. The van der Waals surface area contributed by atoms with E-state index in [1.165, 1.54) is 32.4 Å². The Hall–Kier alpha value is -3.36. The molecular weight excluding hydrogens is 367 g/mol. The van der Waals surface area contributed by atoms with E-state index >= 15 is 0 Å². The van der Waals surface area contributed by atoms with Gasteiger partial charge in [-0.3, -0.25) is 4.79 Å². The van der Waals surface area contributed by atoms with E-state index in [4.69, 9.17) is 9.47 Å². The molecule has 0 radical (unpaired) electrons. The summed E-state index contributed by atoms with van der Waals surface area (Å²) in [6.07, 6.45) is 1.43. The molecule has 0 aliphatic heterocycles. The molecule has 2 aromatic rings. The molecule has 1 aromatic carbocycles. The Morgan fingerprint density at radius 1 is 1.14 bits per heavy atom. The maximum atomic E-state index is 13.9. The van der Waals surface area contributed by atoms with Crippen molar-refractivity contribution >= 4 is 23.3 Å². The molecular formula is C19H23FN4O4. The number of nitrogens with one attached hydrogen (secondary N) is 3. The third-order valence-corrected chi connectivity index (χ3v) is 3.45. The average molecular weight is 390 g/mol. The quantitative estimate of drug-likeness (QED) is 0.674. The molecule has 0 bridgehead atoms. The third kappa shape index (κ3) is 6.75. The summed E-state index contributed by atoms with van der Waals surface area (Å²) in [4.78, 5) is 27.3. The Balaban J connectivity index is 1.99. The number of urea groups is 1. The van der Waals surface area contributed by atoms with E-state index in [0.29, 0.717) is 11.6 Å². The molecule has 0 atom stereocenters. The van der Waals surface area contributed by atoms with Crippen molar-refractivity contribution in [1.29, 1.82) is 0 Å². The van der Waals surface area contributed by atoms with Crippen molar-refractivity contribution in [2.75, 3.05) is 24.4 Å². The van der Waals surface area contributed by atoms with Gasteiger partial charge in [-0.1, -0.05) is 0 Å². The number of halogens is 1. The number of nitrogens with zero attached hydrogens (tertiary/aromatic N) is 1. The summed E-state index contributed by atoms with van der Waals surface area (Å²) in [5.74, 6) is -0.129. The van der Waals surface area contributed by atoms with Crippen LogP contribution in [0.5, 0.6) is 11.6 Å². The second-order valence-corrected chi connectivity index (χ2v) is 6.70. The molecule has 28 heavy (non-hydrogen) atoms. The number of carbonyl (C=O) groups is 2. The highest BCUT2D eigenvalue weighted by Gasteiger charge is 2.20. The maximum absolute atomic E-state index is 13.9. The third-order valence-electron chi connectivity index (χ3n) is 3.45. The van der Waals surface area contributed by atoms with Gasteiger partial charge in [-0.15, -0.1) is 0 Å². The molecule has 0 saturated carbocycles. The highest BCUT2D eigenvalue weighted by molar-refractivity contribution is 5.99. The molecule has 3 amide bonds. The molecule has 8 nitrogen and oxygen atoms in total. The van der Waals surface area contributed by atoms with Crippen LogP contribution in [-0.2, 0) is 4.79 Å². The molecule has 0 aliphatic rings. The number of carbonyl (C=O) groups excluding carboxylic acids is 2. The van der Waals surface area contributed by atoms with Crippen LogP contribution in [0.1, 0.15) is 20.8 Å². The standard InChI is InChI=1S/C19H23FN4O4/c1-12(25)24-19(2,3)11-28-16-8-13(20)7-15(9-16)23-18(26)22-14-5-6-17(27-4)21-10-14/h5-10H,11H2,1-4H3,(H,24,25)(H2,22,23,26). The number of benzene rings is 1. The zero-order valence-corrected chi connectivity index (χ0v) is 16.1. The lowest BCUT2D eigenvalue weighted by Gasteiger charge is -2.25. The smallest absolute Gasteiger partial charge is 0.323 e. The van der Waals surface area contributed by atoms with Gasteiger partial charge in [0.15, 0.2) is 0 Å². The molecule has 1 aromatic heterocycles. The Morgan fingerprint density at radius 3 is 2.46 bits per heavy atom. The Bertz CT molecular complexity index is 840. The fraction of sp³-hybridized carbons (Fsp3) is 0.316. The fourth-order valence-electron chi connectivity index (χ4n) is 2.36. The first-order valence-corrected chi connectivity index (χ1v) is 8.47. The maximum Gasteiger partial charge on any atom is 0.323 e. The normalized spacial score (nSPS) is 10.8. The average Bonchev–Trinajstić information content (AvgIpc) is 2.59. The summed E-state index contributed by atoms with van der Waals surface area (Å²) in [6.45, 7) is 5.09. The summed E-state index contributed by atoms with van der Waals surface area (Å²) in [7, 11) is 1.49. The molecule has 0 unspecified atom stereocenters. The van der Waals surface area contributed by atoms with Crippen LogP contribution in [0.15, 0.2) is 36.5 Å². The lowest BCUT2D eigenvalue weighted by molar-refractivity contribution is -0.120. The van der Waals surface area contributed by atoms with Gasteiger partial charge >= 0.3 is 6.03 Å². The molecule has 0 aliphatic carbocycles. The van der Waals surface area contributed by atoms with E-state index in [2.05, 4.69) is 20.9 Å². The number of amides is 3. The van der Waals surface area contributed by atoms with Gasteiger partial charge in [-0.25, -0.2) is 14.2 Å². The van der Waals surface area contributed by atoms with Crippen LogP contribution < -0.4 is 25.4 Å². The van der Waals surface area contributed by atoms with Gasteiger partial charge in [0.25, 0.3) is 0 Å². The Labute approximate surface area is 162 Å². The van der Waals surface area contributed by atoms with Crippen molar-refractivity contribution < 1.29 is 23.5 Å². The van der Waals surface area contributed by atoms with Gasteiger partial charge in [0.2, 0.25) is 11.8 Å². The van der Waals surface area contributed by atoms with Crippen molar-refractivity contribution in [3.63, 3.8) is 0 Å². The molecule has 150 valence electrons. The van der Waals surface area contributed by atoms with Crippen molar-refractivity contribution in [3.8, 4) is 11.6 Å². The number of hydrogen-bond donors (Lipinski definition) is 3. The van der Waals surface area contributed by atoms with Crippen molar-refractivity contribution in [2.24, 2.45) is 0 Å². The highest BCUT2D eigenvalue weighted by atomic mass is 19.1. The number of rotatable bonds is 7. The van der Waals surface area contributed by atoms with Gasteiger partial charge in [-0.2, -0.15) is 0 Å². The molecule has 9 heteroatoms. The van der Waals surface area contributed by atoms with Crippen LogP contribution in [0, 0.1) is 5.82 Å². The van der Waals surface area contributed by atoms with Crippen LogP contribution >= 0.6 is 0 Å². The van der Waals surface area contributed by atoms with Gasteiger partial charge in [0, 0.05) is 30.8 Å². The molecule has 1 heterocycles. The predicted molar refractivity (Wildman–Crippen MR) is 103 cm³/mol. The predicted octanol–water partition coefficient (Wildman–Crippen LogP) is 3.17. The Kier molecular flexibility index (Phi) is 6.75. The minimum absolute atomic E-state index is 0.124. The van der Waals surface area contributed by atoms with Gasteiger partial charge in [-0.05, 0) is 26.0 Å². The number of ether oxygens (including phenoxy) is 2. The van der Waals surface area contributed by atoms with Gasteiger partial charge in [0.1, 0.15) is 18.2 Å². The second kappa shape index (κ2) is 9.03. The van der Waals surface area contributed by atoms with Crippen LogP contribution in [0.3, 0.4) is 0 Å². The van der Waals surface area contributed by atoms with Crippen LogP contribution in [0.25, 0.3) is 0 Å². The summed E-state index contributed by atoms with van der Waals surface area (Å²) in [6, 6.07) is 6.49. The Morgan fingerprint density at radius 2 is 1.86 bits per heavy atom. The number of anilines is 2. The van der Waals surface area contributed by atoms with E-state index in [0.717, 1.165) is 6.07 Å². The van der Waals surface area contributed by atoms with Crippen LogP contribution in [0.4, 0.5) is 20.6 Å². The summed E-state index contributed by atoms with van der Waals surface area (Å²) >= 11 is 0. The first-order valence-electron chi connectivity index (χ1n) is 8.47. The molecule has 3 N–H and O–H groups in total. The van der Waals surface area contributed by atoms with Crippen molar-refractivity contribution in [2.45, 2.75) is 26.3 Å². The first-order chi connectivity index (χ1) is 13.2. The van der Waals surface area contributed by atoms with Crippen molar-refractivity contribution in [1.82, 2.24) is 10.3 Å². The van der Waals surface area contributed by atoms with Gasteiger partial charge in [0.05, 0.1) is 24.5 Å². The van der Waals surface area contributed by atoms with E-state index < -0.39 is 17.4 Å². The van der Waals surface area contributed by atoms with Crippen LogP contribution in [-0.4, -0.2) is 36.2 Å². The highest BCUT2D eigenvalue weighted by Crippen LogP contribution is 2.22. The minimum atomic E-state index is -0.634. The molecule has 2 rings (SSSR count). The largest absolute Gasteiger partial charge is 0.491 e. The minimum Gasteiger partial charge on any atom is -0.491 e. The molecule has 0 spiro atoms. The van der Waals surface area contributed by atoms with E-state index in [9.17, 15) is 14.0 Å². The van der Waals surface area contributed by atoms with E-state index in [-0.39, 0.29) is 24.0 Å². The summed E-state index contributed by atoms with van der Waals surface area (Å²) < 4.78 is 24.4. The first kappa shape index (κ1) is 20.9. The number of pyridine rings is 1. The van der Waals surface area contributed by atoms with Crippen molar-refractivity contribution in [3.05, 3.63) is 42.3 Å². The van der Waals surface area contributed by atoms with Crippen LogP contribution in [0.2, 0.25) is 0 Å². The monoisotopic (exact) mass is 390 g/mol. The SMILES string of the molecule is COc1ccc(NC(=O)Nc2cc(F)cc(OCC(C)(C)NC(C)=O)c2)cn1. The lowest BCUT2D eigenvalue weighted by atomic mass is 10.1. The zero-order valence-electron chi connectivity index (χ0n) is 16.1. The lowest BCUT2D eigenvalue weighted by Crippen LogP contribution is -2.46. The number of hydrogen-bond acceptors (Lipinski definition) is 5. The van der Waals surface area contributed by atoms with Gasteiger partial charge < -0.3 is 25.4 Å². The molecule has 0 saturated heterocycles. The van der Waals surface area contributed by atoms with E-state index in [1.807, 2.05) is 0 Å². The fourth-order valence-corrected chi connectivity index (χ4v) is 2.36. The number of aromatic nitrogens is 1. The molecule has 0 fully saturated rings. The summed E-state index contributed by atoms with van der Waals surface area (Å²) in [5, 5.41) is 7.84. The number of methoxy groups -OCH3 is 1. The topological polar surface area (TPSA) is 102 Å². The van der Waals surface area contributed by atoms with E-state index in [1.54, 1.807) is 26.0 Å². The summed E-state index contributed by atoms with van der Waals surface area (Å²) in [5.41, 5.74) is 0.0272.